The molecule has 0 aliphatic heterocycles. The van der Waals surface area contributed by atoms with Gasteiger partial charge in [-0.25, -0.2) is 4.39 Å². The van der Waals surface area contributed by atoms with E-state index in [1.807, 2.05) is 30.3 Å². The number of hydrogen-bond donors (Lipinski definition) is 2. The Kier molecular flexibility index (Phi) is 5.32. The van der Waals surface area contributed by atoms with Crippen LogP contribution in [0.4, 0.5) is 10.1 Å². The van der Waals surface area contributed by atoms with Gasteiger partial charge in [0.15, 0.2) is 5.11 Å². The number of nitrogens with one attached hydrogen (secondary N) is 2. The van der Waals surface area contributed by atoms with Crippen LogP contribution in [-0.2, 0) is 0 Å². The predicted octanol–water partition coefficient (Wildman–Crippen LogP) is 3.19. The molecule has 0 spiro atoms. The molecule has 2 rings (SSSR count). The first-order valence-corrected chi connectivity index (χ1v) is 6.63. The fourth-order valence-electron chi connectivity index (χ4n) is 1.59. The largest absolute Gasteiger partial charge is 0.492 e. The highest BCUT2D eigenvalue weighted by Gasteiger charge is 1.98. The Balaban J connectivity index is 1.67. The van der Waals surface area contributed by atoms with E-state index in [1.54, 1.807) is 12.1 Å². The summed E-state index contributed by atoms with van der Waals surface area (Å²) in [5.74, 6) is 0.200. The molecular weight excluding hydrogens is 275 g/mol. The number of benzene rings is 2. The van der Waals surface area contributed by atoms with E-state index in [0.29, 0.717) is 24.0 Å². The summed E-state index contributed by atoms with van der Waals surface area (Å²) in [5, 5.41) is 6.60. The van der Waals surface area contributed by atoms with Gasteiger partial charge in [-0.2, -0.15) is 0 Å². The Labute approximate surface area is 122 Å². The first kappa shape index (κ1) is 14.3. The van der Waals surface area contributed by atoms with E-state index in [9.17, 15) is 4.39 Å². The van der Waals surface area contributed by atoms with Gasteiger partial charge in [-0.05, 0) is 36.5 Å². The normalized spacial score (nSPS) is 9.85. The SMILES string of the molecule is Fc1cccc(OCCNC(=S)Nc2ccccc2)c1. The van der Waals surface area contributed by atoms with Gasteiger partial charge in [0, 0.05) is 11.8 Å². The van der Waals surface area contributed by atoms with Crippen molar-refractivity contribution >= 4 is 23.0 Å². The van der Waals surface area contributed by atoms with Crippen LogP contribution in [0.3, 0.4) is 0 Å². The van der Waals surface area contributed by atoms with Crippen molar-refractivity contribution in [1.82, 2.24) is 5.32 Å². The van der Waals surface area contributed by atoms with Gasteiger partial charge in [0.1, 0.15) is 18.2 Å². The summed E-state index contributed by atoms with van der Waals surface area (Å²) < 4.78 is 18.3. The summed E-state index contributed by atoms with van der Waals surface area (Å²) in [6.45, 7) is 0.940. The van der Waals surface area contributed by atoms with E-state index < -0.39 is 0 Å². The van der Waals surface area contributed by atoms with Gasteiger partial charge in [-0.15, -0.1) is 0 Å². The molecule has 0 heterocycles. The average molecular weight is 290 g/mol. The smallest absolute Gasteiger partial charge is 0.170 e. The van der Waals surface area contributed by atoms with E-state index in [0.717, 1.165) is 5.69 Å². The fraction of sp³-hybridized carbons (Fsp3) is 0.133. The second-order valence-corrected chi connectivity index (χ2v) is 4.46. The molecule has 104 valence electrons. The van der Waals surface area contributed by atoms with Crippen LogP contribution in [0.2, 0.25) is 0 Å². The number of halogens is 1. The second kappa shape index (κ2) is 7.45. The van der Waals surface area contributed by atoms with E-state index in [-0.39, 0.29) is 5.82 Å². The molecule has 0 atom stereocenters. The van der Waals surface area contributed by atoms with Crippen molar-refractivity contribution in [2.24, 2.45) is 0 Å². The maximum Gasteiger partial charge on any atom is 0.170 e. The third-order valence-electron chi connectivity index (χ3n) is 2.48. The third-order valence-corrected chi connectivity index (χ3v) is 2.73. The zero-order chi connectivity index (χ0) is 14.2. The highest BCUT2D eigenvalue weighted by atomic mass is 32.1. The molecule has 0 aliphatic rings. The number of para-hydroxylation sites is 1. The molecule has 0 aliphatic carbocycles. The maximum absolute atomic E-state index is 12.9. The van der Waals surface area contributed by atoms with Crippen LogP contribution in [0, 0.1) is 5.82 Å². The standard InChI is InChI=1S/C15H15FN2OS/c16-12-5-4-8-14(11-12)19-10-9-17-15(20)18-13-6-2-1-3-7-13/h1-8,11H,9-10H2,(H2,17,18,20). The van der Waals surface area contributed by atoms with Gasteiger partial charge < -0.3 is 15.4 Å². The molecule has 0 saturated carbocycles. The molecule has 0 bridgehead atoms. The summed E-state index contributed by atoms with van der Waals surface area (Å²) in [7, 11) is 0. The minimum atomic E-state index is -0.309. The lowest BCUT2D eigenvalue weighted by Crippen LogP contribution is -2.31. The van der Waals surface area contributed by atoms with Crippen LogP contribution < -0.4 is 15.4 Å². The van der Waals surface area contributed by atoms with Crippen LogP contribution in [0.1, 0.15) is 0 Å². The Bertz CT molecular complexity index is 563. The predicted molar refractivity (Wildman–Crippen MR) is 82.6 cm³/mol. The minimum Gasteiger partial charge on any atom is -0.492 e. The summed E-state index contributed by atoms with van der Waals surface area (Å²) in [6.07, 6.45) is 0. The second-order valence-electron chi connectivity index (χ2n) is 4.05. The lowest BCUT2D eigenvalue weighted by atomic mass is 10.3. The zero-order valence-electron chi connectivity index (χ0n) is 10.8. The molecule has 0 radical (unpaired) electrons. The van der Waals surface area contributed by atoms with E-state index in [2.05, 4.69) is 10.6 Å². The van der Waals surface area contributed by atoms with Crippen molar-refractivity contribution in [3.63, 3.8) is 0 Å². The monoisotopic (exact) mass is 290 g/mol. The molecule has 0 aromatic heterocycles. The topological polar surface area (TPSA) is 33.3 Å². The van der Waals surface area contributed by atoms with Crippen LogP contribution in [-0.4, -0.2) is 18.3 Å². The Hall–Kier alpha value is -2.14. The van der Waals surface area contributed by atoms with Crippen molar-refractivity contribution in [2.45, 2.75) is 0 Å². The molecule has 2 aromatic carbocycles. The summed E-state index contributed by atoms with van der Waals surface area (Å²) >= 11 is 5.15. The quantitative estimate of drug-likeness (QED) is 0.654. The summed E-state index contributed by atoms with van der Waals surface area (Å²) in [6, 6.07) is 15.7. The van der Waals surface area contributed by atoms with Gasteiger partial charge in [-0.3, -0.25) is 0 Å². The van der Waals surface area contributed by atoms with E-state index in [4.69, 9.17) is 17.0 Å². The van der Waals surface area contributed by atoms with Gasteiger partial charge in [0.05, 0.1) is 6.54 Å². The molecule has 0 unspecified atom stereocenters. The van der Waals surface area contributed by atoms with Gasteiger partial charge in [0.25, 0.3) is 0 Å². The number of ether oxygens (including phenoxy) is 1. The van der Waals surface area contributed by atoms with Crippen molar-refractivity contribution in [2.75, 3.05) is 18.5 Å². The highest BCUT2D eigenvalue weighted by Crippen LogP contribution is 2.11. The fourth-order valence-corrected chi connectivity index (χ4v) is 1.81. The summed E-state index contributed by atoms with van der Waals surface area (Å²) in [5.41, 5.74) is 0.927. The molecule has 3 nitrogen and oxygen atoms in total. The molecule has 2 N–H and O–H groups in total. The van der Waals surface area contributed by atoms with Gasteiger partial charge >= 0.3 is 0 Å². The first-order valence-electron chi connectivity index (χ1n) is 6.22. The Morgan fingerprint density at radius 1 is 1.10 bits per heavy atom. The van der Waals surface area contributed by atoms with Crippen molar-refractivity contribution in [1.29, 1.82) is 0 Å². The van der Waals surface area contributed by atoms with Crippen molar-refractivity contribution in [3.05, 3.63) is 60.4 Å². The Morgan fingerprint density at radius 2 is 1.90 bits per heavy atom. The van der Waals surface area contributed by atoms with Crippen LogP contribution in [0.25, 0.3) is 0 Å². The molecule has 5 heteroatoms. The molecule has 0 amide bonds. The van der Waals surface area contributed by atoms with Gasteiger partial charge in [0.2, 0.25) is 0 Å². The van der Waals surface area contributed by atoms with Crippen molar-refractivity contribution < 1.29 is 9.13 Å². The molecular formula is C15H15FN2OS. The Morgan fingerprint density at radius 3 is 2.65 bits per heavy atom. The zero-order valence-corrected chi connectivity index (χ0v) is 11.6. The number of thiocarbonyl (C=S) groups is 1. The molecule has 20 heavy (non-hydrogen) atoms. The van der Waals surface area contributed by atoms with Crippen molar-refractivity contribution in [3.8, 4) is 5.75 Å². The number of hydrogen-bond acceptors (Lipinski definition) is 2. The third kappa shape index (κ3) is 4.85. The van der Waals surface area contributed by atoms with E-state index >= 15 is 0 Å². The number of anilines is 1. The maximum atomic E-state index is 12.9. The lowest BCUT2D eigenvalue weighted by Gasteiger charge is -2.11. The van der Waals surface area contributed by atoms with Crippen LogP contribution >= 0.6 is 12.2 Å². The van der Waals surface area contributed by atoms with Crippen LogP contribution in [0.15, 0.2) is 54.6 Å². The van der Waals surface area contributed by atoms with Gasteiger partial charge in [-0.1, -0.05) is 24.3 Å². The molecule has 0 fully saturated rings. The summed E-state index contributed by atoms with van der Waals surface area (Å²) in [4.78, 5) is 0. The number of rotatable bonds is 5. The van der Waals surface area contributed by atoms with Crippen LogP contribution in [0.5, 0.6) is 5.75 Å². The minimum absolute atomic E-state index is 0.309. The first-order chi connectivity index (χ1) is 9.74. The molecule has 2 aromatic rings. The molecule has 0 saturated heterocycles. The lowest BCUT2D eigenvalue weighted by molar-refractivity contribution is 0.321. The highest BCUT2D eigenvalue weighted by molar-refractivity contribution is 7.80. The average Bonchev–Trinajstić information content (AvgIpc) is 2.45. The van der Waals surface area contributed by atoms with E-state index in [1.165, 1.54) is 12.1 Å².